The quantitative estimate of drug-likeness (QED) is 0.857. The predicted molar refractivity (Wildman–Crippen MR) is 80.8 cm³/mol. The highest BCUT2D eigenvalue weighted by Gasteiger charge is 2.02. The van der Waals surface area contributed by atoms with Crippen molar-refractivity contribution in [1.82, 2.24) is 4.98 Å². The van der Waals surface area contributed by atoms with Crippen LogP contribution in [-0.4, -0.2) is 11.5 Å². The number of aromatic nitrogens is 1. The summed E-state index contributed by atoms with van der Waals surface area (Å²) in [6, 6.07) is 11.4. The van der Waals surface area contributed by atoms with Crippen LogP contribution in [0, 0.1) is 0 Å². The van der Waals surface area contributed by atoms with E-state index in [4.69, 9.17) is 11.6 Å². The summed E-state index contributed by atoms with van der Waals surface area (Å²) in [6.07, 6.45) is 0. The summed E-state index contributed by atoms with van der Waals surface area (Å²) in [5, 5.41) is 7.11. The first-order valence-electron chi connectivity index (χ1n) is 5.62. The second-order valence-corrected chi connectivity index (χ2v) is 4.98. The minimum Gasteiger partial charge on any atom is -0.370 e. The van der Waals surface area contributed by atoms with Crippen molar-refractivity contribution in [2.45, 2.75) is 6.92 Å². The van der Waals surface area contributed by atoms with Gasteiger partial charge >= 0.3 is 0 Å². The van der Waals surface area contributed by atoms with Gasteiger partial charge in [-0.1, -0.05) is 17.7 Å². The van der Waals surface area contributed by atoms with Gasteiger partial charge < -0.3 is 10.6 Å². The number of hydrogen-bond donors (Lipinski definition) is 2. The van der Waals surface area contributed by atoms with Gasteiger partial charge in [0.2, 0.25) is 0 Å². The van der Waals surface area contributed by atoms with Crippen molar-refractivity contribution in [3.8, 4) is 0 Å². The zero-order valence-electron chi connectivity index (χ0n) is 9.87. The maximum absolute atomic E-state index is 5.90. The molecule has 3 nitrogen and oxygen atoms in total. The molecule has 0 amide bonds. The van der Waals surface area contributed by atoms with Crippen molar-refractivity contribution in [1.29, 1.82) is 0 Å². The van der Waals surface area contributed by atoms with Gasteiger partial charge in [-0.25, -0.2) is 4.98 Å². The van der Waals surface area contributed by atoms with E-state index in [0.29, 0.717) is 5.02 Å². The number of anilines is 3. The Morgan fingerprint density at radius 3 is 2.72 bits per heavy atom. The van der Waals surface area contributed by atoms with Crippen LogP contribution in [0.15, 0.2) is 40.9 Å². The van der Waals surface area contributed by atoms with Crippen LogP contribution in [0.2, 0.25) is 5.02 Å². The first kappa shape index (κ1) is 13.2. The lowest BCUT2D eigenvalue weighted by atomic mass is 10.3. The molecule has 0 saturated heterocycles. The molecule has 18 heavy (non-hydrogen) atoms. The molecule has 0 aliphatic heterocycles. The summed E-state index contributed by atoms with van der Waals surface area (Å²) in [4.78, 5) is 4.45. The molecule has 94 valence electrons. The van der Waals surface area contributed by atoms with E-state index in [1.165, 1.54) is 0 Å². The van der Waals surface area contributed by atoms with Gasteiger partial charge in [-0.3, -0.25) is 0 Å². The molecule has 2 N–H and O–H groups in total. The maximum Gasteiger partial charge on any atom is 0.132 e. The molecule has 1 heterocycles. The van der Waals surface area contributed by atoms with E-state index < -0.39 is 0 Å². The largest absolute Gasteiger partial charge is 0.370 e. The Bertz CT molecular complexity index is 546. The van der Waals surface area contributed by atoms with Crippen LogP contribution >= 0.6 is 27.5 Å². The monoisotopic (exact) mass is 325 g/mol. The fourth-order valence-electron chi connectivity index (χ4n) is 1.51. The predicted octanol–water partition coefficient (Wildman–Crippen LogP) is 4.67. The van der Waals surface area contributed by atoms with Crippen LogP contribution in [0.4, 0.5) is 17.3 Å². The molecule has 2 aromatic rings. The third kappa shape index (κ3) is 3.37. The summed E-state index contributed by atoms with van der Waals surface area (Å²) in [5.74, 6) is 1.64. The molecule has 0 saturated carbocycles. The lowest BCUT2D eigenvalue weighted by Crippen LogP contribution is -2.01. The van der Waals surface area contributed by atoms with Crippen LogP contribution in [0.25, 0.3) is 0 Å². The smallest absolute Gasteiger partial charge is 0.132 e. The van der Waals surface area contributed by atoms with Crippen LogP contribution in [0.3, 0.4) is 0 Å². The number of hydrogen-bond acceptors (Lipinski definition) is 3. The van der Waals surface area contributed by atoms with Crippen LogP contribution < -0.4 is 10.6 Å². The molecule has 0 spiro atoms. The Hall–Kier alpha value is -1.26. The molecule has 0 aliphatic rings. The van der Waals surface area contributed by atoms with Crippen molar-refractivity contribution in [3.05, 3.63) is 45.9 Å². The van der Waals surface area contributed by atoms with E-state index in [0.717, 1.165) is 28.3 Å². The summed E-state index contributed by atoms with van der Waals surface area (Å²) in [7, 11) is 0. The van der Waals surface area contributed by atoms with Gasteiger partial charge in [-0.2, -0.15) is 0 Å². The van der Waals surface area contributed by atoms with Crippen LogP contribution in [0.1, 0.15) is 6.92 Å². The van der Waals surface area contributed by atoms with Gasteiger partial charge in [-0.15, -0.1) is 0 Å². The van der Waals surface area contributed by atoms with E-state index in [-0.39, 0.29) is 0 Å². The number of benzene rings is 1. The summed E-state index contributed by atoms with van der Waals surface area (Å²) < 4.78 is 0.908. The average Bonchev–Trinajstić information content (AvgIpc) is 2.34. The second kappa shape index (κ2) is 6.07. The highest BCUT2D eigenvalue weighted by molar-refractivity contribution is 9.10. The summed E-state index contributed by atoms with van der Waals surface area (Å²) in [5.41, 5.74) is 0.931. The molecule has 0 atom stereocenters. The van der Waals surface area contributed by atoms with E-state index in [9.17, 15) is 0 Å². The Labute approximate surface area is 120 Å². The van der Waals surface area contributed by atoms with Crippen LogP contribution in [0.5, 0.6) is 0 Å². The molecule has 0 fully saturated rings. The zero-order valence-corrected chi connectivity index (χ0v) is 12.2. The van der Waals surface area contributed by atoms with Gasteiger partial charge in [-0.05, 0) is 53.2 Å². The molecule has 0 radical (unpaired) electrons. The Morgan fingerprint density at radius 2 is 2.00 bits per heavy atom. The fourth-order valence-corrected chi connectivity index (χ4v) is 2.29. The second-order valence-electron chi connectivity index (χ2n) is 3.69. The first-order chi connectivity index (χ1) is 8.69. The van der Waals surface area contributed by atoms with Crippen molar-refractivity contribution in [3.63, 3.8) is 0 Å². The molecule has 5 heteroatoms. The topological polar surface area (TPSA) is 37.0 Å². The number of halogens is 2. The van der Waals surface area contributed by atoms with Crippen molar-refractivity contribution in [2.75, 3.05) is 17.2 Å². The van der Waals surface area contributed by atoms with E-state index in [2.05, 4.69) is 31.5 Å². The highest BCUT2D eigenvalue weighted by Crippen LogP contribution is 2.28. The Balaban J connectivity index is 2.20. The number of nitrogens with zero attached hydrogens (tertiary/aromatic N) is 1. The van der Waals surface area contributed by atoms with Gasteiger partial charge in [0.05, 0.1) is 5.69 Å². The lowest BCUT2D eigenvalue weighted by Gasteiger charge is -2.09. The van der Waals surface area contributed by atoms with Crippen molar-refractivity contribution < 1.29 is 0 Å². The van der Waals surface area contributed by atoms with Gasteiger partial charge in [0.1, 0.15) is 11.6 Å². The molecule has 0 unspecified atom stereocenters. The van der Waals surface area contributed by atoms with Gasteiger partial charge in [0.15, 0.2) is 0 Å². The average molecular weight is 327 g/mol. The number of nitrogens with one attached hydrogen (secondary N) is 2. The minimum atomic E-state index is 0.696. The Kier molecular flexibility index (Phi) is 4.44. The molecule has 1 aromatic heterocycles. The molecular formula is C13H13BrClN3. The molecule has 2 rings (SSSR count). The normalized spacial score (nSPS) is 10.2. The molecular weight excluding hydrogens is 314 g/mol. The summed E-state index contributed by atoms with van der Waals surface area (Å²) in [6.45, 7) is 2.89. The third-order valence-electron chi connectivity index (χ3n) is 2.30. The molecule has 0 aliphatic carbocycles. The number of rotatable bonds is 4. The zero-order chi connectivity index (χ0) is 13.0. The van der Waals surface area contributed by atoms with Crippen molar-refractivity contribution >= 4 is 44.9 Å². The van der Waals surface area contributed by atoms with E-state index in [1.807, 2.05) is 43.3 Å². The fraction of sp³-hybridized carbons (Fsp3) is 0.154. The Morgan fingerprint density at radius 1 is 1.22 bits per heavy atom. The molecule has 1 aromatic carbocycles. The minimum absolute atomic E-state index is 0.696. The standard InChI is InChI=1S/C13H13BrClN3/c1-2-16-12-4-3-5-13(18-12)17-11-7-6-9(15)8-10(11)14/h3-8H,2H2,1H3,(H2,16,17,18). The van der Waals surface area contributed by atoms with Gasteiger partial charge in [0, 0.05) is 16.0 Å². The number of pyridine rings is 1. The molecule has 0 bridgehead atoms. The maximum atomic E-state index is 5.90. The lowest BCUT2D eigenvalue weighted by molar-refractivity contribution is 1.16. The van der Waals surface area contributed by atoms with Crippen molar-refractivity contribution in [2.24, 2.45) is 0 Å². The SMILES string of the molecule is CCNc1cccc(Nc2ccc(Cl)cc2Br)n1. The van der Waals surface area contributed by atoms with Crippen LogP contribution in [-0.2, 0) is 0 Å². The third-order valence-corrected chi connectivity index (χ3v) is 3.19. The van der Waals surface area contributed by atoms with E-state index in [1.54, 1.807) is 0 Å². The first-order valence-corrected chi connectivity index (χ1v) is 6.79. The van der Waals surface area contributed by atoms with E-state index >= 15 is 0 Å². The van der Waals surface area contributed by atoms with Gasteiger partial charge in [0.25, 0.3) is 0 Å². The highest BCUT2D eigenvalue weighted by atomic mass is 79.9. The summed E-state index contributed by atoms with van der Waals surface area (Å²) >= 11 is 9.37.